The summed E-state index contributed by atoms with van der Waals surface area (Å²) in [4.78, 5) is 13.1. The lowest BCUT2D eigenvalue weighted by molar-refractivity contribution is -0.159. The molecule has 0 aliphatic carbocycles. The molecular formula is C10H21NO4. The predicted molar refractivity (Wildman–Crippen MR) is 56.4 cm³/mol. The number of esters is 1. The first-order valence-corrected chi connectivity index (χ1v) is 5.05. The van der Waals surface area contributed by atoms with Gasteiger partial charge in [0.1, 0.15) is 6.61 Å². The summed E-state index contributed by atoms with van der Waals surface area (Å²) in [6, 6.07) is 0. The molecule has 2 atom stereocenters. The number of aliphatic hydroxyl groups is 1. The highest BCUT2D eigenvalue weighted by molar-refractivity contribution is 5.69. The summed E-state index contributed by atoms with van der Waals surface area (Å²) in [6.45, 7) is 4.11. The Bertz CT molecular complexity index is 182. The minimum Gasteiger partial charge on any atom is -0.463 e. The Balaban J connectivity index is 3.53. The molecule has 5 heteroatoms. The van der Waals surface area contributed by atoms with Crippen LogP contribution in [0.25, 0.3) is 0 Å². The quantitative estimate of drug-likeness (QED) is 0.490. The second-order valence-corrected chi connectivity index (χ2v) is 3.78. The van der Waals surface area contributed by atoms with Crippen LogP contribution in [0.1, 0.15) is 20.3 Å². The number of carbonyl (C=O) groups excluding carboxylic acids is 1. The van der Waals surface area contributed by atoms with Crippen LogP contribution in [0.15, 0.2) is 0 Å². The average molecular weight is 219 g/mol. The Hall–Kier alpha value is -0.650. The van der Waals surface area contributed by atoms with E-state index in [1.54, 1.807) is 6.92 Å². The fourth-order valence-electron chi connectivity index (χ4n) is 0.973. The average Bonchev–Trinajstić information content (AvgIpc) is 2.10. The van der Waals surface area contributed by atoms with Gasteiger partial charge in [-0.2, -0.15) is 0 Å². The van der Waals surface area contributed by atoms with Crippen molar-refractivity contribution in [2.45, 2.75) is 32.7 Å². The van der Waals surface area contributed by atoms with Gasteiger partial charge in [0.25, 0.3) is 0 Å². The molecule has 0 rings (SSSR count). The third kappa shape index (κ3) is 9.65. The van der Waals surface area contributed by atoms with Crippen LogP contribution in [0.4, 0.5) is 0 Å². The van der Waals surface area contributed by atoms with E-state index >= 15 is 0 Å². The van der Waals surface area contributed by atoms with Crippen LogP contribution in [0.5, 0.6) is 0 Å². The van der Waals surface area contributed by atoms with Gasteiger partial charge in [0.15, 0.2) is 6.29 Å². The molecule has 0 aromatic carbocycles. The molecule has 0 radical (unpaired) electrons. The molecule has 0 aromatic heterocycles. The van der Waals surface area contributed by atoms with E-state index in [9.17, 15) is 4.79 Å². The summed E-state index contributed by atoms with van der Waals surface area (Å²) < 4.78 is 9.95. The van der Waals surface area contributed by atoms with Gasteiger partial charge in [0.2, 0.25) is 0 Å². The van der Waals surface area contributed by atoms with Crippen LogP contribution >= 0.6 is 0 Å². The van der Waals surface area contributed by atoms with Crippen LogP contribution in [0, 0.1) is 0 Å². The van der Waals surface area contributed by atoms with Crippen LogP contribution in [-0.2, 0) is 14.3 Å². The molecule has 0 amide bonds. The van der Waals surface area contributed by atoms with Gasteiger partial charge in [-0.05, 0) is 27.9 Å². The Kier molecular flexibility index (Phi) is 7.29. The molecule has 0 bridgehead atoms. The van der Waals surface area contributed by atoms with Crippen molar-refractivity contribution in [2.75, 3.05) is 27.2 Å². The maximum Gasteiger partial charge on any atom is 0.307 e. The van der Waals surface area contributed by atoms with Crippen molar-refractivity contribution in [3.05, 3.63) is 0 Å². The van der Waals surface area contributed by atoms with E-state index in [2.05, 4.69) is 0 Å². The minimum absolute atomic E-state index is 0.178. The van der Waals surface area contributed by atoms with Gasteiger partial charge in [-0.15, -0.1) is 0 Å². The highest BCUT2D eigenvalue weighted by Crippen LogP contribution is 1.97. The van der Waals surface area contributed by atoms with Gasteiger partial charge in [0, 0.05) is 6.54 Å². The number of nitrogens with zero attached hydrogens (tertiary/aromatic N) is 1. The molecule has 0 aliphatic heterocycles. The van der Waals surface area contributed by atoms with Gasteiger partial charge in [-0.3, -0.25) is 4.79 Å². The molecule has 0 spiro atoms. The minimum atomic E-state index is -0.833. The molecule has 0 aromatic rings. The van der Waals surface area contributed by atoms with E-state index in [1.807, 2.05) is 19.0 Å². The second-order valence-electron chi connectivity index (χ2n) is 3.78. The van der Waals surface area contributed by atoms with Gasteiger partial charge < -0.3 is 19.5 Å². The van der Waals surface area contributed by atoms with Crippen molar-refractivity contribution in [3.63, 3.8) is 0 Å². The van der Waals surface area contributed by atoms with Crippen molar-refractivity contribution in [1.82, 2.24) is 4.90 Å². The molecule has 0 heterocycles. The summed E-state index contributed by atoms with van der Waals surface area (Å²) >= 11 is 0. The van der Waals surface area contributed by atoms with Gasteiger partial charge in [0.05, 0.1) is 12.5 Å². The summed E-state index contributed by atoms with van der Waals surface area (Å²) in [5.41, 5.74) is 0. The molecule has 0 fully saturated rings. The Labute approximate surface area is 91.0 Å². The molecule has 5 nitrogen and oxygen atoms in total. The van der Waals surface area contributed by atoms with Gasteiger partial charge in [-0.25, -0.2) is 0 Å². The molecular weight excluding hydrogens is 198 g/mol. The molecule has 2 unspecified atom stereocenters. The topological polar surface area (TPSA) is 59.0 Å². The Morgan fingerprint density at radius 3 is 2.47 bits per heavy atom. The maximum atomic E-state index is 11.2. The summed E-state index contributed by atoms with van der Waals surface area (Å²) in [7, 11) is 3.79. The highest BCUT2D eigenvalue weighted by Gasteiger charge is 2.09. The number of hydrogen-bond donors (Lipinski definition) is 1. The number of carbonyl (C=O) groups is 1. The molecule has 15 heavy (non-hydrogen) atoms. The number of ether oxygens (including phenoxy) is 2. The van der Waals surface area contributed by atoms with Crippen LogP contribution in [-0.4, -0.2) is 55.6 Å². The number of hydrogen-bond acceptors (Lipinski definition) is 5. The van der Waals surface area contributed by atoms with Crippen LogP contribution in [0.3, 0.4) is 0 Å². The third-order valence-corrected chi connectivity index (χ3v) is 1.67. The summed E-state index contributed by atoms with van der Waals surface area (Å²) in [5, 5.41) is 8.89. The predicted octanol–water partition coefficient (Wildman–Crippen LogP) is 0.225. The lowest BCUT2D eigenvalue weighted by Crippen LogP contribution is -2.24. The van der Waals surface area contributed by atoms with E-state index in [4.69, 9.17) is 14.6 Å². The largest absolute Gasteiger partial charge is 0.463 e. The van der Waals surface area contributed by atoms with Gasteiger partial charge in [-0.1, -0.05) is 0 Å². The third-order valence-electron chi connectivity index (χ3n) is 1.67. The van der Waals surface area contributed by atoms with Crippen LogP contribution < -0.4 is 0 Å². The monoisotopic (exact) mass is 219 g/mol. The van der Waals surface area contributed by atoms with E-state index in [1.165, 1.54) is 6.92 Å². The van der Waals surface area contributed by atoms with E-state index in [-0.39, 0.29) is 18.7 Å². The molecule has 0 saturated heterocycles. The number of aliphatic hydroxyl groups excluding tert-OH is 1. The second kappa shape index (κ2) is 7.62. The first-order chi connectivity index (χ1) is 6.91. The van der Waals surface area contributed by atoms with Crippen molar-refractivity contribution in [2.24, 2.45) is 0 Å². The zero-order valence-corrected chi connectivity index (χ0v) is 9.90. The zero-order chi connectivity index (χ0) is 11.8. The zero-order valence-electron chi connectivity index (χ0n) is 9.90. The molecule has 1 N–H and O–H groups in total. The maximum absolute atomic E-state index is 11.2. The molecule has 90 valence electrons. The number of rotatable bonds is 7. The standard InChI is InChI=1S/C10H21NO4/c1-8(15-9(2)12)7-14-10(13)5-6-11(3)4/h8-9,12H,5-7H2,1-4H3. The molecule has 0 aliphatic rings. The van der Waals surface area contributed by atoms with E-state index in [0.717, 1.165) is 0 Å². The summed E-state index contributed by atoms with van der Waals surface area (Å²) in [5.74, 6) is -0.246. The van der Waals surface area contributed by atoms with Gasteiger partial charge >= 0.3 is 5.97 Å². The Morgan fingerprint density at radius 2 is 2.00 bits per heavy atom. The van der Waals surface area contributed by atoms with E-state index < -0.39 is 6.29 Å². The smallest absolute Gasteiger partial charge is 0.307 e. The van der Waals surface area contributed by atoms with Crippen molar-refractivity contribution in [1.29, 1.82) is 0 Å². The Morgan fingerprint density at radius 1 is 1.40 bits per heavy atom. The van der Waals surface area contributed by atoms with E-state index in [0.29, 0.717) is 13.0 Å². The van der Waals surface area contributed by atoms with Crippen molar-refractivity contribution >= 4 is 5.97 Å². The highest BCUT2D eigenvalue weighted by atomic mass is 16.6. The fourth-order valence-corrected chi connectivity index (χ4v) is 0.973. The normalized spacial score (nSPS) is 15.1. The lowest BCUT2D eigenvalue weighted by atomic mass is 10.4. The first kappa shape index (κ1) is 14.3. The summed E-state index contributed by atoms with van der Waals surface area (Å²) in [6.07, 6.45) is -0.747. The lowest BCUT2D eigenvalue weighted by Gasteiger charge is -2.15. The van der Waals surface area contributed by atoms with Crippen LogP contribution in [0.2, 0.25) is 0 Å². The first-order valence-electron chi connectivity index (χ1n) is 5.05. The van der Waals surface area contributed by atoms with Crippen molar-refractivity contribution in [3.8, 4) is 0 Å². The van der Waals surface area contributed by atoms with Crippen molar-refractivity contribution < 1.29 is 19.4 Å². The SMILES string of the molecule is CC(O)OC(C)COC(=O)CCN(C)C. The fraction of sp³-hybridized carbons (Fsp3) is 0.900. The molecule has 0 saturated carbocycles.